The highest BCUT2D eigenvalue weighted by molar-refractivity contribution is 5.98. The number of amides is 1. The molecular formula is C43H47NO8. The van der Waals surface area contributed by atoms with Crippen LogP contribution in [0.1, 0.15) is 67.7 Å². The lowest BCUT2D eigenvalue weighted by Gasteiger charge is -2.18. The number of hydrogen-bond acceptors (Lipinski definition) is 8. The van der Waals surface area contributed by atoms with Gasteiger partial charge in [0.2, 0.25) is 5.91 Å². The van der Waals surface area contributed by atoms with Crippen molar-refractivity contribution in [3.05, 3.63) is 150 Å². The van der Waals surface area contributed by atoms with Crippen molar-refractivity contribution in [2.75, 3.05) is 0 Å². The van der Waals surface area contributed by atoms with Crippen molar-refractivity contribution in [3.63, 3.8) is 0 Å². The summed E-state index contributed by atoms with van der Waals surface area (Å²) in [4.78, 5) is 51.4. The van der Waals surface area contributed by atoms with E-state index >= 15 is 0 Å². The van der Waals surface area contributed by atoms with Gasteiger partial charge in [0.25, 0.3) is 6.10 Å². The van der Waals surface area contributed by atoms with E-state index in [1.54, 1.807) is 12.1 Å². The molecular weight excluding hydrogens is 658 g/mol. The average molecular weight is 706 g/mol. The monoisotopic (exact) mass is 705 g/mol. The Balaban J connectivity index is 1.36. The first-order chi connectivity index (χ1) is 25.4. The van der Waals surface area contributed by atoms with Gasteiger partial charge in [0.05, 0.1) is 12.5 Å². The minimum absolute atomic E-state index is 0.00269. The van der Waals surface area contributed by atoms with Crippen molar-refractivity contribution < 1.29 is 38.1 Å². The van der Waals surface area contributed by atoms with E-state index in [0.29, 0.717) is 6.42 Å². The van der Waals surface area contributed by atoms with Crippen LogP contribution in [0.15, 0.2) is 127 Å². The van der Waals surface area contributed by atoms with E-state index in [1.807, 2.05) is 109 Å². The molecule has 0 bridgehead atoms. The molecule has 0 fully saturated rings. The Morgan fingerprint density at radius 3 is 1.65 bits per heavy atom. The second kappa shape index (κ2) is 22.2. The normalized spacial score (nSPS) is 11.5. The first-order valence-corrected chi connectivity index (χ1v) is 17.7. The van der Waals surface area contributed by atoms with Crippen LogP contribution >= 0.6 is 0 Å². The third-order valence-electron chi connectivity index (χ3n) is 8.00. The van der Waals surface area contributed by atoms with Crippen LogP contribution in [0.25, 0.3) is 0 Å². The van der Waals surface area contributed by atoms with Crippen LogP contribution in [0.2, 0.25) is 0 Å². The Labute approximate surface area is 305 Å². The number of carbonyl (C=O) groups is 4. The molecule has 1 N–H and O–H groups in total. The molecule has 0 saturated carbocycles. The van der Waals surface area contributed by atoms with Crippen LogP contribution in [-0.4, -0.2) is 36.0 Å². The van der Waals surface area contributed by atoms with Crippen molar-refractivity contribution >= 4 is 23.8 Å². The molecule has 0 aromatic heterocycles. The lowest BCUT2D eigenvalue weighted by atomic mass is 10.0. The number of ether oxygens (including phenoxy) is 4. The predicted molar refractivity (Wildman–Crippen MR) is 198 cm³/mol. The number of benzene rings is 4. The van der Waals surface area contributed by atoms with Gasteiger partial charge in [-0.2, -0.15) is 0 Å². The minimum Gasteiger partial charge on any atom is -0.467 e. The Bertz CT molecular complexity index is 1640. The standard InChI is InChI=1S/C43H47NO8/c1-2-3-4-5-15-22-37(44-39(45)27-28-40(46)49-30-34-16-9-6-10-17-34)29-33-23-25-38(26-24-33)52-41(42(47)50-31-35-18-11-7-12-19-35)43(48)51-32-36-20-13-8-14-21-36/h6-26,37,41H,2-5,27-32H2,1H3,(H,44,45)/b22-15+. The molecule has 9 heteroatoms. The van der Waals surface area contributed by atoms with E-state index in [-0.39, 0.29) is 50.4 Å². The number of carbonyl (C=O) groups excluding carboxylic acids is 4. The molecule has 52 heavy (non-hydrogen) atoms. The van der Waals surface area contributed by atoms with E-state index < -0.39 is 24.0 Å². The first kappa shape index (κ1) is 39.1. The first-order valence-electron chi connectivity index (χ1n) is 17.7. The molecule has 4 aromatic rings. The van der Waals surface area contributed by atoms with Crippen molar-refractivity contribution in [1.29, 1.82) is 0 Å². The second-order valence-electron chi connectivity index (χ2n) is 12.3. The largest absolute Gasteiger partial charge is 0.467 e. The second-order valence-corrected chi connectivity index (χ2v) is 12.3. The number of esters is 3. The Hall–Kier alpha value is -5.70. The molecule has 272 valence electrons. The zero-order chi connectivity index (χ0) is 36.8. The highest BCUT2D eigenvalue weighted by Gasteiger charge is 2.32. The van der Waals surface area contributed by atoms with Gasteiger partial charge in [-0.3, -0.25) is 9.59 Å². The van der Waals surface area contributed by atoms with Crippen LogP contribution in [0, 0.1) is 0 Å². The molecule has 0 radical (unpaired) electrons. The maximum atomic E-state index is 13.1. The minimum atomic E-state index is -1.64. The maximum absolute atomic E-state index is 13.1. The Morgan fingerprint density at radius 2 is 1.13 bits per heavy atom. The summed E-state index contributed by atoms with van der Waals surface area (Å²) in [6, 6.07) is 34.3. The molecule has 1 amide bonds. The fraction of sp³-hybridized carbons (Fsp3) is 0.302. The van der Waals surface area contributed by atoms with Crippen LogP contribution in [0.5, 0.6) is 5.75 Å². The van der Waals surface area contributed by atoms with Gasteiger partial charge in [0.15, 0.2) is 0 Å². The molecule has 0 spiro atoms. The summed E-state index contributed by atoms with van der Waals surface area (Å²) in [5.74, 6) is -2.17. The molecule has 0 heterocycles. The van der Waals surface area contributed by atoms with Crippen molar-refractivity contribution in [1.82, 2.24) is 5.32 Å². The molecule has 0 aliphatic rings. The summed E-state index contributed by atoms with van der Waals surface area (Å²) in [5, 5.41) is 3.03. The van der Waals surface area contributed by atoms with E-state index in [1.165, 1.54) is 0 Å². The molecule has 4 aromatic carbocycles. The zero-order valence-corrected chi connectivity index (χ0v) is 29.6. The Morgan fingerprint density at radius 1 is 0.615 bits per heavy atom. The lowest BCUT2D eigenvalue weighted by Crippen LogP contribution is -2.38. The van der Waals surface area contributed by atoms with Crippen LogP contribution in [0.3, 0.4) is 0 Å². The van der Waals surface area contributed by atoms with Gasteiger partial charge < -0.3 is 24.3 Å². The predicted octanol–water partition coefficient (Wildman–Crippen LogP) is 7.61. The summed E-state index contributed by atoms with van der Waals surface area (Å²) in [5.41, 5.74) is 3.29. The molecule has 9 nitrogen and oxygen atoms in total. The van der Waals surface area contributed by atoms with E-state index in [9.17, 15) is 19.2 Å². The third kappa shape index (κ3) is 14.6. The van der Waals surface area contributed by atoms with Gasteiger partial charge in [-0.05, 0) is 53.6 Å². The molecule has 4 rings (SSSR count). The van der Waals surface area contributed by atoms with Gasteiger partial charge in [-0.25, -0.2) is 9.59 Å². The van der Waals surface area contributed by atoms with Gasteiger partial charge >= 0.3 is 17.9 Å². The van der Waals surface area contributed by atoms with Crippen LogP contribution in [-0.2, 0) is 59.6 Å². The Kier molecular flexibility index (Phi) is 16.7. The highest BCUT2D eigenvalue weighted by Crippen LogP contribution is 2.18. The number of allylic oxidation sites excluding steroid dienone is 1. The highest BCUT2D eigenvalue weighted by atomic mass is 16.6. The lowest BCUT2D eigenvalue weighted by molar-refractivity contribution is -0.168. The molecule has 0 aliphatic heterocycles. The summed E-state index contributed by atoms with van der Waals surface area (Å²) in [6.07, 6.45) is 7.02. The number of unbranched alkanes of at least 4 members (excludes halogenated alkanes) is 3. The van der Waals surface area contributed by atoms with Crippen LogP contribution in [0.4, 0.5) is 0 Å². The maximum Gasteiger partial charge on any atom is 0.359 e. The zero-order valence-electron chi connectivity index (χ0n) is 29.6. The van der Waals surface area contributed by atoms with Gasteiger partial charge in [-0.15, -0.1) is 0 Å². The van der Waals surface area contributed by atoms with Gasteiger partial charge in [0, 0.05) is 6.42 Å². The quantitative estimate of drug-likeness (QED) is 0.0310. The van der Waals surface area contributed by atoms with E-state index in [2.05, 4.69) is 18.3 Å². The fourth-order valence-corrected chi connectivity index (χ4v) is 5.14. The number of rotatable bonds is 21. The van der Waals surface area contributed by atoms with Crippen molar-refractivity contribution in [2.45, 2.75) is 83.8 Å². The van der Waals surface area contributed by atoms with Crippen molar-refractivity contribution in [3.8, 4) is 5.75 Å². The van der Waals surface area contributed by atoms with Gasteiger partial charge in [0.1, 0.15) is 25.6 Å². The smallest absolute Gasteiger partial charge is 0.359 e. The molecule has 0 saturated heterocycles. The van der Waals surface area contributed by atoms with Crippen LogP contribution < -0.4 is 10.1 Å². The van der Waals surface area contributed by atoms with Gasteiger partial charge in [-0.1, -0.05) is 135 Å². The fourth-order valence-electron chi connectivity index (χ4n) is 5.14. The summed E-state index contributed by atoms with van der Waals surface area (Å²) in [6.45, 7) is 2.25. The summed E-state index contributed by atoms with van der Waals surface area (Å²) in [7, 11) is 0. The number of hydrogen-bond donors (Lipinski definition) is 1. The molecule has 1 atom stereocenters. The summed E-state index contributed by atoms with van der Waals surface area (Å²) >= 11 is 0. The average Bonchev–Trinajstić information content (AvgIpc) is 3.18. The van der Waals surface area contributed by atoms with E-state index in [4.69, 9.17) is 18.9 Å². The molecule has 1 unspecified atom stereocenters. The van der Waals surface area contributed by atoms with E-state index in [0.717, 1.165) is 47.9 Å². The number of nitrogens with one attached hydrogen (secondary N) is 1. The SMILES string of the molecule is CCCCC/C=C/C(Cc1ccc(OC(C(=O)OCc2ccccc2)C(=O)OCc2ccccc2)cc1)NC(=O)CCC(=O)OCc1ccccc1. The third-order valence-corrected chi connectivity index (χ3v) is 8.00. The summed E-state index contributed by atoms with van der Waals surface area (Å²) < 4.78 is 22.1. The molecule has 0 aliphatic carbocycles. The van der Waals surface area contributed by atoms with Crippen molar-refractivity contribution in [2.24, 2.45) is 0 Å². The topological polar surface area (TPSA) is 117 Å².